The van der Waals surface area contributed by atoms with Crippen molar-refractivity contribution < 1.29 is 9.90 Å². The molecular weight excluding hydrogens is 350 g/mol. The first-order valence-electron chi connectivity index (χ1n) is 8.90. The number of hydrogen-bond donors (Lipinski definition) is 2. The molecule has 1 aromatic carbocycles. The highest BCUT2D eigenvalue weighted by molar-refractivity contribution is 8.00. The molecule has 2 aromatic rings. The fraction of sp³-hybridized carbons (Fsp3) is 0.421. The highest BCUT2D eigenvalue weighted by atomic mass is 32.2. The molecule has 1 aliphatic carbocycles. The number of rotatable bonds is 7. The lowest BCUT2D eigenvalue weighted by atomic mass is 9.97. The quantitative estimate of drug-likeness (QED) is 0.574. The lowest BCUT2D eigenvalue weighted by molar-refractivity contribution is -0.113. The summed E-state index contributed by atoms with van der Waals surface area (Å²) < 4.78 is 1.69. The molecule has 1 amide bonds. The second kappa shape index (κ2) is 9.00. The van der Waals surface area contributed by atoms with Crippen LogP contribution in [0.5, 0.6) is 0 Å². The van der Waals surface area contributed by atoms with Crippen LogP contribution < -0.4 is 11.0 Å². The Kier molecular flexibility index (Phi) is 6.46. The van der Waals surface area contributed by atoms with Crippen LogP contribution in [-0.4, -0.2) is 32.9 Å². The van der Waals surface area contributed by atoms with Gasteiger partial charge in [0.15, 0.2) is 0 Å². The van der Waals surface area contributed by atoms with Crippen LogP contribution in [0.3, 0.4) is 0 Å². The highest BCUT2D eigenvalue weighted by Gasteiger charge is 2.20. The van der Waals surface area contributed by atoms with Crippen LogP contribution in [0.2, 0.25) is 0 Å². The number of aliphatic hydroxyl groups excluding tert-OH is 1. The Balaban J connectivity index is 1.74. The number of carbonyl (C=O) groups is 1. The molecule has 2 N–H and O–H groups in total. The summed E-state index contributed by atoms with van der Waals surface area (Å²) in [6, 6.07) is 9.31. The van der Waals surface area contributed by atoms with Crippen LogP contribution >= 0.6 is 11.8 Å². The fourth-order valence-electron chi connectivity index (χ4n) is 3.18. The van der Waals surface area contributed by atoms with Crippen molar-refractivity contribution in [3.05, 3.63) is 52.1 Å². The summed E-state index contributed by atoms with van der Waals surface area (Å²) in [5.41, 5.74) is 2.58. The monoisotopic (exact) mass is 373 g/mol. The molecule has 0 fully saturated rings. The number of benzene rings is 1. The average Bonchev–Trinajstić information content (AvgIpc) is 2.66. The Bertz CT molecular complexity index is 821. The van der Waals surface area contributed by atoms with E-state index in [1.165, 1.54) is 11.8 Å². The molecule has 1 heterocycles. The first kappa shape index (κ1) is 18.7. The number of aliphatic hydroxyl groups is 1. The number of amides is 1. The predicted molar refractivity (Wildman–Crippen MR) is 103 cm³/mol. The van der Waals surface area contributed by atoms with Gasteiger partial charge < -0.3 is 10.4 Å². The molecule has 0 spiro atoms. The van der Waals surface area contributed by atoms with Gasteiger partial charge in [0.25, 0.3) is 0 Å². The summed E-state index contributed by atoms with van der Waals surface area (Å²) in [6.07, 6.45) is 4.39. The van der Waals surface area contributed by atoms with Crippen molar-refractivity contribution in [3.63, 3.8) is 0 Å². The third-order valence-electron chi connectivity index (χ3n) is 4.39. The zero-order valence-corrected chi connectivity index (χ0v) is 15.4. The van der Waals surface area contributed by atoms with Crippen molar-refractivity contribution in [2.45, 2.75) is 43.7 Å². The van der Waals surface area contributed by atoms with Crippen LogP contribution in [0.4, 0.5) is 5.69 Å². The van der Waals surface area contributed by atoms with E-state index < -0.39 is 0 Å². The van der Waals surface area contributed by atoms with Crippen LogP contribution in [0.15, 0.2) is 40.2 Å². The van der Waals surface area contributed by atoms with Gasteiger partial charge >= 0.3 is 5.69 Å². The van der Waals surface area contributed by atoms with Gasteiger partial charge in [0.05, 0.1) is 5.75 Å². The zero-order chi connectivity index (χ0) is 18.4. The fourth-order valence-corrected chi connectivity index (χ4v) is 4.06. The molecule has 6 nitrogen and oxygen atoms in total. The molecule has 1 aromatic heterocycles. The summed E-state index contributed by atoms with van der Waals surface area (Å²) in [6.45, 7) is 0.543. The van der Waals surface area contributed by atoms with E-state index in [0.29, 0.717) is 18.0 Å². The molecule has 0 unspecified atom stereocenters. The number of aromatic nitrogens is 2. The maximum atomic E-state index is 12.4. The van der Waals surface area contributed by atoms with Gasteiger partial charge in [-0.05, 0) is 44.2 Å². The van der Waals surface area contributed by atoms with E-state index in [-0.39, 0.29) is 24.0 Å². The lowest BCUT2D eigenvalue weighted by Crippen LogP contribution is -2.30. The van der Waals surface area contributed by atoms with Gasteiger partial charge in [-0.3, -0.25) is 9.36 Å². The van der Waals surface area contributed by atoms with E-state index in [1.54, 1.807) is 4.57 Å². The summed E-state index contributed by atoms with van der Waals surface area (Å²) >= 11 is 1.32. The normalized spacial score (nSPS) is 13.3. The lowest BCUT2D eigenvalue weighted by Gasteiger charge is -2.22. The summed E-state index contributed by atoms with van der Waals surface area (Å²) in [5, 5.41) is 12.6. The third kappa shape index (κ3) is 4.53. The van der Waals surface area contributed by atoms with Gasteiger partial charge in [-0.2, -0.15) is 4.98 Å². The van der Waals surface area contributed by atoms with Crippen molar-refractivity contribution >= 4 is 23.4 Å². The Morgan fingerprint density at radius 1 is 1.23 bits per heavy atom. The minimum absolute atomic E-state index is 0.0529. The molecule has 0 saturated heterocycles. The van der Waals surface area contributed by atoms with E-state index in [9.17, 15) is 9.59 Å². The van der Waals surface area contributed by atoms with Gasteiger partial charge in [0.1, 0.15) is 5.03 Å². The van der Waals surface area contributed by atoms with Gasteiger partial charge in [0.2, 0.25) is 5.91 Å². The van der Waals surface area contributed by atoms with Crippen molar-refractivity contribution in [2.75, 3.05) is 17.7 Å². The summed E-state index contributed by atoms with van der Waals surface area (Å²) in [7, 11) is 0. The summed E-state index contributed by atoms with van der Waals surface area (Å²) in [4.78, 5) is 28.8. The topological polar surface area (TPSA) is 84.2 Å². The number of nitrogens with one attached hydrogen (secondary N) is 1. The molecule has 3 rings (SSSR count). The van der Waals surface area contributed by atoms with Gasteiger partial charge in [-0.1, -0.05) is 30.0 Å². The van der Waals surface area contributed by atoms with E-state index in [4.69, 9.17) is 5.11 Å². The summed E-state index contributed by atoms with van der Waals surface area (Å²) in [5.74, 6) is 0.103. The Hall–Kier alpha value is -2.12. The molecule has 0 atom stereocenters. The largest absolute Gasteiger partial charge is 0.396 e. The molecule has 0 radical (unpaired) electrons. The highest BCUT2D eigenvalue weighted by Crippen LogP contribution is 2.28. The number of nitrogens with zero attached hydrogens (tertiary/aromatic N) is 2. The minimum Gasteiger partial charge on any atom is -0.396 e. The average molecular weight is 373 g/mol. The SMILES string of the molecule is O=C(CSc1nc(=O)n(CCCO)c2c1CCCC2)Nc1ccccc1. The molecule has 0 aliphatic heterocycles. The van der Waals surface area contributed by atoms with E-state index in [2.05, 4.69) is 10.3 Å². The Morgan fingerprint density at radius 2 is 2.00 bits per heavy atom. The third-order valence-corrected chi connectivity index (χ3v) is 5.41. The molecule has 7 heteroatoms. The molecular formula is C19H23N3O3S. The van der Waals surface area contributed by atoms with Crippen LogP contribution in [0.25, 0.3) is 0 Å². The second-order valence-electron chi connectivity index (χ2n) is 6.26. The standard InChI is InChI=1S/C19H23N3O3S/c23-12-6-11-22-16-10-5-4-9-15(16)18(21-19(22)25)26-13-17(24)20-14-7-2-1-3-8-14/h1-3,7-8,23H,4-6,9-13H2,(H,20,24). The maximum Gasteiger partial charge on any atom is 0.348 e. The van der Waals surface area contributed by atoms with Crippen LogP contribution in [-0.2, 0) is 24.2 Å². The zero-order valence-electron chi connectivity index (χ0n) is 14.6. The number of anilines is 1. The molecule has 1 aliphatic rings. The van der Waals surface area contributed by atoms with Crippen molar-refractivity contribution in [3.8, 4) is 0 Å². The van der Waals surface area contributed by atoms with Gasteiger partial charge in [0, 0.05) is 30.1 Å². The first-order chi connectivity index (χ1) is 12.7. The van der Waals surface area contributed by atoms with E-state index >= 15 is 0 Å². The van der Waals surface area contributed by atoms with Gasteiger partial charge in [-0.15, -0.1) is 0 Å². The predicted octanol–water partition coefficient (Wildman–Crippen LogP) is 2.24. The number of para-hydroxylation sites is 1. The van der Waals surface area contributed by atoms with Crippen molar-refractivity contribution in [1.82, 2.24) is 9.55 Å². The number of thioether (sulfide) groups is 1. The van der Waals surface area contributed by atoms with E-state index in [0.717, 1.165) is 42.6 Å². The first-order valence-corrected chi connectivity index (χ1v) is 9.88. The number of hydrogen-bond acceptors (Lipinski definition) is 5. The minimum atomic E-state index is -0.287. The Morgan fingerprint density at radius 3 is 2.77 bits per heavy atom. The Labute approximate surface area is 156 Å². The number of fused-ring (bicyclic) bond motifs is 1. The van der Waals surface area contributed by atoms with Crippen molar-refractivity contribution in [1.29, 1.82) is 0 Å². The molecule has 0 bridgehead atoms. The molecule has 26 heavy (non-hydrogen) atoms. The smallest absolute Gasteiger partial charge is 0.348 e. The number of carbonyl (C=O) groups excluding carboxylic acids is 1. The van der Waals surface area contributed by atoms with Gasteiger partial charge in [-0.25, -0.2) is 4.79 Å². The molecule has 0 saturated carbocycles. The van der Waals surface area contributed by atoms with Crippen LogP contribution in [0, 0.1) is 0 Å². The van der Waals surface area contributed by atoms with E-state index in [1.807, 2.05) is 30.3 Å². The maximum absolute atomic E-state index is 12.4. The molecule has 138 valence electrons. The second-order valence-corrected chi connectivity index (χ2v) is 7.23. The van der Waals surface area contributed by atoms with Crippen LogP contribution in [0.1, 0.15) is 30.5 Å². The van der Waals surface area contributed by atoms with Crippen molar-refractivity contribution in [2.24, 2.45) is 0 Å².